The fraction of sp³-hybridized carbons (Fsp3) is 0.571. The first-order chi connectivity index (χ1) is 9.54. The third-order valence-corrected chi connectivity index (χ3v) is 2.63. The van der Waals surface area contributed by atoms with Gasteiger partial charge in [0.2, 0.25) is 0 Å². The molecule has 0 amide bonds. The molecule has 2 N–H and O–H groups in total. The van der Waals surface area contributed by atoms with Crippen LogP contribution in [-0.4, -0.2) is 30.7 Å². The molecule has 0 bridgehead atoms. The maximum atomic E-state index is 10.9. The topological polar surface area (TPSA) is 76.4 Å². The molecule has 0 heterocycles. The maximum absolute atomic E-state index is 10.9. The number of benzene rings is 1. The zero-order valence-corrected chi connectivity index (χ0v) is 12.3. The van der Waals surface area contributed by atoms with Crippen LogP contribution in [0, 0.1) is 10.1 Å². The van der Waals surface area contributed by atoms with E-state index in [1.165, 1.54) is 6.07 Å². The number of anilines is 1. The van der Waals surface area contributed by atoms with E-state index in [9.17, 15) is 10.1 Å². The van der Waals surface area contributed by atoms with E-state index >= 15 is 0 Å². The summed E-state index contributed by atoms with van der Waals surface area (Å²) < 4.78 is 5.50. The minimum Gasteiger partial charge on any atom is -0.484 e. The summed E-state index contributed by atoms with van der Waals surface area (Å²) in [5.41, 5.74) is 0.833. The summed E-state index contributed by atoms with van der Waals surface area (Å²) in [6.45, 7) is 8.49. The lowest BCUT2D eigenvalue weighted by Crippen LogP contribution is -2.17. The van der Waals surface area contributed by atoms with Crippen LogP contribution in [0.2, 0.25) is 0 Å². The molecule has 0 aromatic heterocycles. The molecule has 0 aliphatic carbocycles. The average molecular weight is 281 g/mol. The Labute approximate surface area is 119 Å². The van der Waals surface area contributed by atoms with Crippen LogP contribution in [0.5, 0.6) is 5.75 Å². The summed E-state index contributed by atoms with van der Waals surface area (Å²) in [4.78, 5) is 10.5. The first-order valence-corrected chi connectivity index (χ1v) is 6.94. The van der Waals surface area contributed by atoms with Gasteiger partial charge in [-0.1, -0.05) is 6.92 Å². The van der Waals surface area contributed by atoms with E-state index in [1.807, 2.05) is 13.8 Å². The summed E-state index contributed by atoms with van der Waals surface area (Å²) in [5.74, 6) is 0.307. The number of nitro benzene ring substituents is 1. The van der Waals surface area contributed by atoms with Gasteiger partial charge in [-0.3, -0.25) is 10.1 Å². The average Bonchev–Trinajstić information content (AvgIpc) is 2.37. The number of nitrogens with one attached hydrogen (secondary N) is 2. The van der Waals surface area contributed by atoms with Crippen LogP contribution < -0.4 is 15.4 Å². The van der Waals surface area contributed by atoms with Crippen molar-refractivity contribution in [1.82, 2.24) is 5.32 Å². The van der Waals surface area contributed by atoms with Crippen molar-refractivity contribution in [3.8, 4) is 5.75 Å². The Hall–Kier alpha value is -1.82. The zero-order valence-electron chi connectivity index (χ0n) is 12.3. The summed E-state index contributed by atoms with van der Waals surface area (Å²) in [7, 11) is 0. The molecule has 112 valence electrons. The normalized spacial score (nSPS) is 10.6. The molecule has 0 fully saturated rings. The van der Waals surface area contributed by atoms with E-state index < -0.39 is 4.92 Å². The van der Waals surface area contributed by atoms with Crippen molar-refractivity contribution in [1.29, 1.82) is 0 Å². The Morgan fingerprint density at radius 3 is 2.70 bits per heavy atom. The standard InChI is InChI=1S/C14H23N3O3/c1-4-15-8-5-9-16-12-6-7-13(17(18)19)14(10-12)20-11(2)3/h6-7,10-11,15-16H,4-5,8-9H2,1-3H3. The summed E-state index contributed by atoms with van der Waals surface area (Å²) in [6.07, 6.45) is 0.892. The maximum Gasteiger partial charge on any atom is 0.311 e. The van der Waals surface area contributed by atoms with E-state index in [-0.39, 0.29) is 11.8 Å². The van der Waals surface area contributed by atoms with Crippen molar-refractivity contribution < 1.29 is 9.66 Å². The van der Waals surface area contributed by atoms with Crippen LogP contribution in [-0.2, 0) is 0 Å². The second-order valence-corrected chi connectivity index (χ2v) is 4.74. The van der Waals surface area contributed by atoms with Gasteiger partial charge >= 0.3 is 5.69 Å². The number of nitrogens with zero attached hydrogens (tertiary/aromatic N) is 1. The molecule has 0 spiro atoms. The quantitative estimate of drug-likeness (QED) is 0.413. The zero-order chi connectivity index (χ0) is 15.0. The molecule has 20 heavy (non-hydrogen) atoms. The van der Waals surface area contributed by atoms with Crippen LogP contribution in [0.1, 0.15) is 27.2 Å². The van der Waals surface area contributed by atoms with Crippen LogP contribution in [0.15, 0.2) is 18.2 Å². The molecule has 0 atom stereocenters. The highest BCUT2D eigenvalue weighted by Crippen LogP contribution is 2.30. The first-order valence-electron chi connectivity index (χ1n) is 6.94. The monoisotopic (exact) mass is 281 g/mol. The first kappa shape index (κ1) is 16.2. The Balaban J connectivity index is 2.66. The largest absolute Gasteiger partial charge is 0.484 e. The predicted molar refractivity (Wildman–Crippen MR) is 80.5 cm³/mol. The molecular weight excluding hydrogens is 258 g/mol. The second kappa shape index (κ2) is 8.37. The molecule has 6 nitrogen and oxygen atoms in total. The molecule has 0 unspecified atom stereocenters. The van der Waals surface area contributed by atoms with Crippen molar-refractivity contribution >= 4 is 11.4 Å². The minimum atomic E-state index is -0.424. The molecule has 6 heteroatoms. The van der Waals surface area contributed by atoms with Gasteiger partial charge in [-0.05, 0) is 39.4 Å². The van der Waals surface area contributed by atoms with E-state index in [2.05, 4.69) is 17.6 Å². The lowest BCUT2D eigenvalue weighted by molar-refractivity contribution is -0.386. The Morgan fingerprint density at radius 2 is 2.10 bits per heavy atom. The molecule has 0 saturated heterocycles. The second-order valence-electron chi connectivity index (χ2n) is 4.74. The Morgan fingerprint density at radius 1 is 1.35 bits per heavy atom. The predicted octanol–water partition coefficient (Wildman–Crippen LogP) is 2.79. The Kier molecular flexibility index (Phi) is 6.79. The lowest BCUT2D eigenvalue weighted by Gasteiger charge is -2.12. The molecule has 0 saturated carbocycles. The highest BCUT2D eigenvalue weighted by Gasteiger charge is 2.16. The fourth-order valence-corrected chi connectivity index (χ4v) is 1.75. The van der Waals surface area contributed by atoms with Gasteiger partial charge in [-0.2, -0.15) is 0 Å². The number of hydrogen-bond donors (Lipinski definition) is 2. The highest BCUT2D eigenvalue weighted by molar-refractivity contribution is 5.58. The molecule has 0 aliphatic heterocycles. The van der Waals surface area contributed by atoms with Crippen LogP contribution in [0.3, 0.4) is 0 Å². The molecule has 0 radical (unpaired) electrons. The van der Waals surface area contributed by atoms with Crippen LogP contribution >= 0.6 is 0 Å². The molecule has 1 rings (SSSR count). The number of rotatable bonds is 9. The minimum absolute atomic E-state index is 0.00287. The van der Waals surface area contributed by atoms with Gasteiger partial charge in [-0.15, -0.1) is 0 Å². The van der Waals surface area contributed by atoms with E-state index in [4.69, 9.17) is 4.74 Å². The molecular formula is C14H23N3O3. The van der Waals surface area contributed by atoms with Crippen LogP contribution in [0.4, 0.5) is 11.4 Å². The van der Waals surface area contributed by atoms with Gasteiger partial charge in [0.15, 0.2) is 5.75 Å². The molecule has 1 aromatic carbocycles. The van der Waals surface area contributed by atoms with Crippen molar-refractivity contribution in [2.24, 2.45) is 0 Å². The third kappa shape index (κ3) is 5.44. The van der Waals surface area contributed by atoms with Gasteiger partial charge in [0.25, 0.3) is 0 Å². The van der Waals surface area contributed by atoms with Gasteiger partial charge in [-0.25, -0.2) is 0 Å². The third-order valence-electron chi connectivity index (χ3n) is 2.63. The van der Waals surface area contributed by atoms with Gasteiger partial charge in [0, 0.05) is 24.4 Å². The SMILES string of the molecule is CCNCCCNc1ccc([N+](=O)[O-])c(OC(C)C)c1. The summed E-state index contributed by atoms with van der Waals surface area (Å²) in [5, 5.41) is 17.4. The lowest BCUT2D eigenvalue weighted by atomic mass is 10.2. The number of hydrogen-bond acceptors (Lipinski definition) is 5. The van der Waals surface area contributed by atoms with Crippen molar-refractivity contribution in [2.45, 2.75) is 33.3 Å². The molecule has 0 aliphatic rings. The smallest absolute Gasteiger partial charge is 0.311 e. The van der Waals surface area contributed by atoms with Crippen molar-refractivity contribution in [3.63, 3.8) is 0 Å². The fourth-order valence-electron chi connectivity index (χ4n) is 1.75. The van der Waals surface area contributed by atoms with Crippen molar-refractivity contribution in [3.05, 3.63) is 28.3 Å². The summed E-state index contributed by atoms with van der Waals surface area (Å²) in [6, 6.07) is 4.87. The van der Waals surface area contributed by atoms with E-state index in [1.54, 1.807) is 12.1 Å². The number of nitro groups is 1. The van der Waals surface area contributed by atoms with Crippen LogP contribution in [0.25, 0.3) is 0 Å². The van der Waals surface area contributed by atoms with Gasteiger partial charge in [0.05, 0.1) is 11.0 Å². The van der Waals surface area contributed by atoms with Crippen molar-refractivity contribution in [2.75, 3.05) is 25.0 Å². The molecule has 1 aromatic rings. The summed E-state index contributed by atoms with van der Waals surface area (Å²) >= 11 is 0. The van der Waals surface area contributed by atoms with E-state index in [0.717, 1.165) is 31.7 Å². The Bertz CT molecular complexity index is 436. The highest BCUT2D eigenvalue weighted by atomic mass is 16.6. The van der Waals surface area contributed by atoms with E-state index in [0.29, 0.717) is 5.75 Å². The van der Waals surface area contributed by atoms with Gasteiger partial charge in [0.1, 0.15) is 0 Å². The number of ether oxygens (including phenoxy) is 1. The van der Waals surface area contributed by atoms with Gasteiger partial charge < -0.3 is 15.4 Å².